The molecule has 0 atom stereocenters. The molecule has 2 aromatic carbocycles. The number of ether oxygens (including phenoxy) is 1. The van der Waals surface area contributed by atoms with Crippen LogP contribution in [0, 0.1) is 0 Å². The highest BCUT2D eigenvalue weighted by atomic mass is 16.5. The number of aromatic hydroxyl groups is 1. The normalized spacial score (nSPS) is 12.9. The monoisotopic (exact) mass is 295 g/mol. The van der Waals surface area contributed by atoms with Gasteiger partial charge in [0.2, 0.25) is 5.91 Å². The molecule has 0 aliphatic carbocycles. The number of fused-ring (bicyclic) bond motifs is 1. The Labute approximate surface area is 128 Å². The van der Waals surface area contributed by atoms with Crippen LogP contribution in [-0.4, -0.2) is 31.4 Å². The number of rotatable bonds is 3. The van der Waals surface area contributed by atoms with Crippen LogP contribution in [0.5, 0.6) is 11.5 Å². The van der Waals surface area contributed by atoms with Gasteiger partial charge in [-0.05, 0) is 29.7 Å². The van der Waals surface area contributed by atoms with Crippen LogP contribution in [0.25, 0.3) is 0 Å². The molecule has 1 N–H and O–H groups in total. The smallest absolute Gasteiger partial charge is 0.242 e. The van der Waals surface area contributed by atoms with Gasteiger partial charge in [-0.1, -0.05) is 30.0 Å². The summed E-state index contributed by atoms with van der Waals surface area (Å²) >= 11 is 0. The van der Waals surface area contributed by atoms with E-state index in [1.807, 2.05) is 24.3 Å². The van der Waals surface area contributed by atoms with Crippen LogP contribution in [0.3, 0.4) is 0 Å². The molecule has 1 amide bonds. The minimum absolute atomic E-state index is 0.106. The van der Waals surface area contributed by atoms with Crippen LogP contribution in [0.1, 0.15) is 15.9 Å². The molecule has 1 heterocycles. The summed E-state index contributed by atoms with van der Waals surface area (Å²) in [7, 11) is 1.42. The first kappa shape index (κ1) is 14.1. The molecule has 5 nitrogen and oxygen atoms in total. The first-order chi connectivity index (χ1) is 10.7. The number of hydrogen-bond acceptors (Lipinski definition) is 4. The maximum Gasteiger partial charge on any atom is 0.242 e. The number of phenolic OH excluding ortho intramolecular Hbond substituents is 1. The Morgan fingerprint density at radius 1 is 1.36 bits per heavy atom. The van der Waals surface area contributed by atoms with E-state index >= 15 is 0 Å². The lowest BCUT2D eigenvalue weighted by atomic mass is 10.1. The number of methoxy groups -OCH3 is 1. The second kappa shape index (κ2) is 5.52. The molecule has 0 bridgehead atoms. The van der Waals surface area contributed by atoms with Gasteiger partial charge in [0.25, 0.3) is 0 Å². The van der Waals surface area contributed by atoms with Gasteiger partial charge in [0.15, 0.2) is 5.75 Å². The summed E-state index contributed by atoms with van der Waals surface area (Å²) in [5.74, 6) is -0.110. The van der Waals surface area contributed by atoms with Crippen molar-refractivity contribution in [1.82, 2.24) is 0 Å². The highest BCUT2D eigenvalue weighted by Gasteiger charge is 2.25. The lowest BCUT2D eigenvalue weighted by molar-refractivity contribution is 0.0989. The second-order valence-corrected chi connectivity index (χ2v) is 5.01. The molecule has 5 heteroatoms. The molecule has 2 aromatic rings. The Morgan fingerprint density at radius 2 is 2.14 bits per heavy atom. The molecule has 1 aliphatic heterocycles. The highest BCUT2D eigenvalue weighted by Crippen LogP contribution is 2.36. The Kier molecular flexibility index (Phi) is 3.55. The van der Waals surface area contributed by atoms with Crippen molar-refractivity contribution in [3.05, 3.63) is 47.5 Å². The SMILES string of the molecule is [CH-]=Nc1cc(O)c(OC)cc1C(=O)N1CCc2ccccc21. The first-order valence-electron chi connectivity index (χ1n) is 6.87. The average molecular weight is 295 g/mol. The molecule has 1 aliphatic rings. The van der Waals surface area contributed by atoms with Crippen LogP contribution in [0.2, 0.25) is 0 Å². The molecule has 0 saturated heterocycles. The van der Waals surface area contributed by atoms with Crippen LogP contribution in [0.15, 0.2) is 41.4 Å². The molecule has 0 fully saturated rings. The molecule has 0 unspecified atom stereocenters. The van der Waals surface area contributed by atoms with E-state index in [-0.39, 0.29) is 23.1 Å². The third-order valence-corrected chi connectivity index (χ3v) is 3.80. The number of anilines is 1. The topological polar surface area (TPSA) is 62.1 Å². The minimum atomic E-state index is -0.215. The van der Waals surface area contributed by atoms with Gasteiger partial charge in [-0.15, -0.1) is 0 Å². The number of carbonyl (C=O) groups excluding carboxylic acids is 1. The summed E-state index contributed by atoms with van der Waals surface area (Å²) in [6.45, 7) is 5.95. The fourth-order valence-electron chi connectivity index (χ4n) is 2.69. The molecule has 0 spiro atoms. The Morgan fingerprint density at radius 3 is 2.86 bits per heavy atom. The van der Waals surface area contributed by atoms with Crippen molar-refractivity contribution in [3.63, 3.8) is 0 Å². The molecule has 3 rings (SSSR count). The van der Waals surface area contributed by atoms with Gasteiger partial charge in [-0.25, -0.2) is 0 Å². The maximum absolute atomic E-state index is 12.8. The third-order valence-electron chi connectivity index (χ3n) is 3.80. The first-order valence-corrected chi connectivity index (χ1v) is 6.87. The predicted molar refractivity (Wildman–Crippen MR) is 84.6 cm³/mol. The van der Waals surface area contributed by atoms with Crippen molar-refractivity contribution in [2.45, 2.75) is 6.42 Å². The van der Waals surface area contributed by atoms with Gasteiger partial charge in [0.05, 0.1) is 7.11 Å². The number of amides is 1. The van der Waals surface area contributed by atoms with E-state index in [1.165, 1.54) is 19.2 Å². The van der Waals surface area contributed by atoms with Gasteiger partial charge in [-0.2, -0.15) is 6.72 Å². The van der Waals surface area contributed by atoms with Gasteiger partial charge in [0.1, 0.15) is 5.75 Å². The van der Waals surface area contributed by atoms with Gasteiger partial charge >= 0.3 is 0 Å². The van der Waals surface area contributed by atoms with Gasteiger partial charge in [-0.3, -0.25) is 4.79 Å². The molecule has 0 aromatic heterocycles. The van der Waals surface area contributed by atoms with Crippen LogP contribution in [-0.2, 0) is 6.42 Å². The zero-order chi connectivity index (χ0) is 15.7. The van der Waals surface area contributed by atoms with E-state index in [2.05, 4.69) is 4.99 Å². The summed E-state index contributed by atoms with van der Waals surface area (Å²) in [6.07, 6.45) is 0.812. The van der Waals surface area contributed by atoms with Crippen LogP contribution >= 0.6 is 0 Å². The van der Waals surface area contributed by atoms with Crippen molar-refractivity contribution < 1.29 is 14.6 Å². The minimum Gasteiger partial charge on any atom is -0.506 e. The average Bonchev–Trinajstić information content (AvgIpc) is 2.98. The zero-order valence-corrected chi connectivity index (χ0v) is 12.1. The van der Waals surface area contributed by atoms with E-state index in [0.717, 1.165) is 17.7 Å². The largest absolute Gasteiger partial charge is 0.506 e. The summed E-state index contributed by atoms with van der Waals surface area (Å²) in [4.78, 5) is 18.1. The Balaban J connectivity index is 2.05. The second-order valence-electron chi connectivity index (χ2n) is 5.01. The summed E-state index contributed by atoms with van der Waals surface area (Å²) in [5.41, 5.74) is 2.55. The van der Waals surface area contributed by atoms with Crippen LogP contribution in [0.4, 0.5) is 11.4 Å². The molecular weight excluding hydrogens is 280 g/mol. The number of phenols is 1. The van der Waals surface area contributed by atoms with Crippen LogP contribution < -0.4 is 9.64 Å². The number of aliphatic imine (C=N–C) groups is 1. The number of hydrogen-bond donors (Lipinski definition) is 1. The quantitative estimate of drug-likeness (QED) is 0.699. The lowest BCUT2D eigenvalue weighted by Gasteiger charge is -2.22. The zero-order valence-electron chi connectivity index (χ0n) is 12.1. The summed E-state index contributed by atoms with van der Waals surface area (Å²) < 4.78 is 5.06. The molecule has 0 saturated carbocycles. The number of benzene rings is 2. The Bertz CT molecular complexity index is 756. The lowest BCUT2D eigenvalue weighted by Crippen LogP contribution is -2.29. The van der Waals surface area contributed by atoms with Gasteiger partial charge < -0.3 is 19.7 Å². The van der Waals surface area contributed by atoms with Crippen molar-refractivity contribution in [1.29, 1.82) is 0 Å². The van der Waals surface area contributed by atoms with Crippen molar-refractivity contribution in [3.8, 4) is 11.5 Å². The number of para-hydroxylation sites is 1. The summed E-state index contributed by atoms with van der Waals surface area (Å²) in [6, 6.07) is 10.6. The summed E-state index contributed by atoms with van der Waals surface area (Å²) in [5, 5.41) is 9.79. The van der Waals surface area contributed by atoms with Crippen molar-refractivity contribution in [2.24, 2.45) is 4.99 Å². The van der Waals surface area contributed by atoms with Gasteiger partial charge in [0, 0.05) is 12.2 Å². The predicted octanol–water partition coefficient (Wildman–Crippen LogP) is 2.81. The molecule has 22 heavy (non-hydrogen) atoms. The number of carbonyl (C=O) groups is 1. The fourth-order valence-corrected chi connectivity index (χ4v) is 2.69. The van der Waals surface area contributed by atoms with E-state index in [9.17, 15) is 9.90 Å². The molecule has 112 valence electrons. The number of nitrogens with zero attached hydrogens (tertiary/aromatic N) is 2. The third kappa shape index (κ3) is 2.20. The van der Waals surface area contributed by atoms with E-state index < -0.39 is 0 Å². The highest BCUT2D eigenvalue weighted by molar-refractivity contribution is 6.10. The fraction of sp³-hybridized carbons (Fsp3) is 0.176. The Hall–Kier alpha value is -2.82. The van der Waals surface area contributed by atoms with E-state index in [4.69, 9.17) is 11.5 Å². The van der Waals surface area contributed by atoms with Crippen molar-refractivity contribution >= 4 is 24.0 Å². The van der Waals surface area contributed by atoms with Crippen molar-refractivity contribution in [2.75, 3.05) is 18.6 Å². The molecular formula is C17H15N2O3-. The van der Waals surface area contributed by atoms with E-state index in [1.54, 1.807) is 4.90 Å². The standard InChI is InChI=1S/C17H15N2O3/c1-18-13-10-15(20)16(22-2)9-12(13)17(21)19-8-7-11-5-3-4-6-14(11)19/h1,3-6,9-10,20H,7-8H2,2H3/q-1. The maximum atomic E-state index is 12.8. The van der Waals surface area contributed by atoms with E-state index in [0.29, 0.717) is 12.1 Å². The molecule has 0 radical (unpaired) electrons.